The number of benzene rings is 1. The van der Waals surface area contributed by atoms with Crippen LogP contribution in [0.4, 0.5) is 0 Å². The molecule has 0 aliphatic carbocycles. The lowest BCUT2D eigenvalue weighted by Gasteiger charge is -2.22. The molecule has 6 nitrogen and oxygen atoms in total. The first-order valence-electron chi connectivity index (χ1n) is 7.99. The molecule has 0 saturated carbocycles. The average Bonchev–Trinajstić information content (AvgIpc) is 3.16. The van der Waals surface area contributed by atoms with Gasteiger partial charge in [0.05, 0.1) is 6.26 Å². The summed E-state index contributed by atoms with van der Waals surface area (Å²) in [6.07, 6.45) is 1.54. The Morgan fingerprint density at radius 2 is 1.92 bits per heavy atom. The smallest absolute Gasteiger partial charge is 0.267 e. The third-order valence-corrected chi connectivity index (χ3v) is 3.96. The fourth-order valence-electron chi connectivity index (χ4n) is 2.62. The van der Waals surface area contributed by atoms with E-state index in [0.717, 1.165) is 5.56 Å². The predicted octanol–water partition coefficient (Wildman–Crippen LogP) is 2.72. The van der Waals surface area contributed by atoms with E-state index >= 15 is 0 Å². The number of amides is 1. The van der Waals surface area contributed by atoms with Crippen LogP contribution >= 0.6 is 0 Å². The van der Waals surface area contributed by atoms with E-state index in [0.29, 0.717) is 18.0 Å². The minimum Gasteiger partial charge on any atom is -0.463 e. The van der Waals surface area contributed by atoms with Crippen LogP contribution in [0, 0.1) is 0 Å². The highest BCUT2D eigenvalue weighted by Crippen LogP contribution is 2.17. The maximum absolute atomic E-state index is 12.7. The van der Waals surface area contributed by atoms with Gasteiger partial charge in [0.2, 0.25) is 5.91 Å². The summed E-state index contributed by atoms with van der Waals surface area (Å²) in [4.78, 5) is 26.5. The van der Waals surface area contributed by atoms with E-state index in [2.05, 4.69) is 5.10 Å². The lowest BCUT2D eigenvalue weighted by atomic mass is 10.2. The molecule has 0 N–H and O–H groups in total. The summed E-state index contributed by atoms with van der Waals surface area (Å²) in [6, 6.07) is 15.5. The van der Waals surface area contributed by atoms with Crippen molar-refractivity contribution in [2.75, 3.05) is 7.05 Å². The van der Waals surface area contributed by atoms with Crippen molar-refractivity contribution in [2.45, 2.75) is 19.5 Å². The van der Waals surface area contributed by atoms with Gasteiger partial charge in [0, 0.05) is 19.7 Å². The van der Waals surface area contributed by atoms with Gasteiger partial charge in [0.1, 0.15) is 11.7 Å². The fraction of sp³-hybridized carbons (Fsp3) is 0.211. The zero-order valence-corrected chi connectivity index (χ0v) is 14.1. The van der Waals surface area contributed by atoms with Crippen LogP contribution < -0.4 is 5.56 Å². The van der Waals surface area contributed by atoms with Crippen molar-refractivity contribution < 1.29 is 9.21 Å². The molecule has 3 aromatic rings. The third kappa shape index (κ3) is 3.68. The Kier molecular flexibility index (Phi) is 4.79. The third-order valence-electron chi connectivity index (χ3n) is 3.96. The summed E-state index contributed by atoms with van der Waals surface area (Å²) in [6.45, 7) is 2.14. The molecule has 0 aliphatic rings. The molecule has 25 heavy (non-hydrogen) atoms. The van der Waals surface area contributed by atoms with E-state index in [1.807, 2.05) is 30.3 Å². The van der Waals surface area contributed by atoms with Gasteiger partial charge in [0.15, 0.2) is 5.76 Å². The molecule has 0 fully saturated rings. The van der Waals surface area contributed by atoms with Gasteiger partial charge in [-0.3, -0.25) is 9.59 Å². The highest BCUT2D eigenvalue weighted by Gasteiger charge is 2.22. The van der Waals surface area contributed by atoms with Crippen molar-refractivity contribution in [1.82, 2.24) is 14.7 Å². The molecule has 1 atom stereocenters. The number of furan rings is 1. The molecule has 2 heterocycles. The van der Waals surface area contributed by atoms with Crippen molar-refractivity contribution in [3.63, 3.8) is 0 Å². The van der Waals surface area contributed by atoms with Crippen molar-refractivity contribution >= 4 is 5.91 Å². The standard InChI is InChI=1S/C19H19N3O3/c1-14(19(24)21(2)13-15-7-4-3-5-8-15)22-18(23)11-10-16(20-22)17-9-6-12-25-17/h3-12,14H,13H2,1-2H3. The normalized spacial score (nSPS) is 11.9. The van der Waals surface area contributed by atoms with Crippen molar-refractivity contribution in [3.05, 3.63) is 76.8 Å². The second-order valence-electron chi connectivity index (χ2n) is 5.83. The van der Waals surface area contributed by atoms with Gasteiger partial charge in [-0.2, -0.15) is 5.10 Å². The van der Waals surface area contributed by atoms with Crippen LogP contribution in [0.15, 0.2) is 70.1 Å². The van der Waals surface area contributed by atoms with Crippen LogP contribution in [-0.4, -0.2) is 27.6 Å². The van der Waals surface area contributed by atoms with Gasteiger partial charge in [-0.05, 0) is 30.7 Å². The number of rotatable bonds is 5. The number of carbonyl (C=O) groups is 1. The highest BCUT2D eigenvalue weighted by molar-refractivity contribution is 5.79. The van der Waals surface area contributed by atoms with E-state index < -0.39 is 6.04 Å². The van der Waals surface area contributed by atoms with Crippen LogP contribution in [0.3, 0.4) is 0 Å². The predicted molar refractivity (Wildman–Crippen MR) is 93.8 cm³/mol. The van der Waals surface area contributed by atoms with E-state index in [-0.39, 0.29) is 11.5 Å². The molecular formula is C19H19N3O3. The van der Waals surface area contributed by atoms with Gasteiger partial charge in [-0.25, -0.2) is 4.68 Å². The topological polar surface area (TPSA) is 68.3 Å². The summed E-state index contributed by atoms with van der Waals surface area (Å²) >= 11 is 0. The Hall–Kier alpha value is -3.15. The van der Waals surface area contributed by atoms with Crippen molar-refractivity contribution in [3.8, 4) is 11.5 Å². The van der Waals surface area contributed by atoms with E-state index in [9.17, 15) is 9.59 Å². The molecule has 6 heteroatoms. The lowest BCUT2D eigenvalue weighted by molar-refractivity contribution is -0.133. The Bertz CT molecular complexity index is 901. The molecule has 0 aliphatic heterocycles. The van der Waals surface area contributed by atoms with Gasteiger partial charge < -0.3 is 9.32 Å². The SMILES string of the molecule is CC(C(=O)N(C)Cc1ccccc1)n1nc(-c2ccco2)ccc1=O. The molecule has 1 aromatic carbocycles. The maximum Gasteiger partial charge on any atom is 0.267 e. The minimum absolute atomic E-state index is 0.185. The number of aromatic nitrogens is 2. The number of likely N-dealkylation sites (N-methyl/N-ethyl adjacent to an activating group) is 1. The number of carbonyl (C=O) groups excluding carboxylic acids is 1. The Morgan fingerprint density at radius 1 is 1.16 bits per heavy atom. The Balaban J connectivity index is 1.82. The van der Waals surface area contributed by atoms with E-state index in [1.54, 1.807) is 37.1 Å². The van der Waals surface area contributed by atoms with E-state index in [4.69, 9.17) is 4.42 Å². The molecule has 1 amide bonds. The van der Waals surface area contributed by atoms with Crippen LogP contribution in [-0.2, 0) is 11.3 Å². The molecule has 2 aromatic heterocycles. The molecule has 0 bridgehead atoms. The minimum atomic E-state index is -0.712. The van der Waals surface area contributed by atoms with Crippen LogP contribution in [0.5, 0.6) is 0 Å². The summed E-state index contributed by atoms with van der Waals surface area (Å²) in [5.41, 5.74) is 1.20. The molecule has 0 spiro atoms. The first-order valence-corrected chi connectivity index (χ1v) is 7.99. The molecule has 0 radical (unpaired) electrons. The molecular weight excluding hydrogens is 318 g/mol. The lowest BCUT2D eigenvalue weighted by Crippen LogP contribution is -2.37. The van der Waals surface area contributed by atoms with Crippen LogP contribution in [0.1, 0.15) is 18.5 Å². The van der Waals surface area contributed by atoms with Gasteiger partial charge in [0.25, 0.3) is 5.56 Å². The fourth-order valence-corrected chi connectivity index (χ4v) is 2.62. The second-order valence-corrected chi connectivity index (χ2v) is 5.83. The zero-order valence-electron chi connectivity index (χ0n) is 14.1. The zero-order chi connectivity index (χ0) is 17.8. The van der Waals surface area contributed by atoms with Crippen molar-refractivity contribution in [2.24, 2.45) is 0 Å². The maximum atomic E-state index is 12.7. The second kappa shape index (κ2) is 7.17. The quantitative estimate of drug-likeness (QED) is 0.718. The summed E-state index contributed by atoms with van der Waals surface area (Å²) < 4.78 is 6.50. The van der Waals surface area contributed by atoms with Gasteiger partial charge in [-0.1, -0.05) is 30.3 Å². The largest absolute Gasteiger partial charge is 0.463 e. The molecule has 128 valence electrons. The first kappa shape index (κ1) is 16.7. The summed E-state index contributed by atoms with van der Waals surface area (Å²) in [5.74, 6) is 0.362. The number of nitrogens with zero attached hydrogens (tertiary/aromatic N) is 3. The number of hydrogen-bond donors (Lipinski definition) is 0. The summed E-state index contributed by atoms with van der Waals surface area (Å²) in [5, 5.41) is 4.29. The Morgan fingerprint density at radius 3 is 2.60 bits per heavy atom. The van der Waals surface area contributed by atoms with Crippen LogP contribution in [0.25, 0.3) is 11.5 Å². The molecule has 3 rings (SSSR count). The highest BCUT2D eigenvalue weighted by atomic mass is 16.3. The average molecular weight is 337 g/mol. The Labute approximate surface area is 145 Å². The molecule has 1 unspecified atom stereocenters. The first-order chi connectivity index (χ1) is 12.1. The monoisotopic (exact) mass is 337 g/mol. The van der Waals surface area contributed by atoms with Crippen molar-refractivity contribution in [1.29, 1.82) is 0 Å². The molecule has 0 saturated heterocycles. The van der Waals surface area contributed by atoms with Gasteiger partial charge >= 0.3 is 0 Å². The van der Waals surface area contributed by atoms with E-state index in [1.165, 1.54) is 17.0 Å². The number of hydrogen-bond acceptors (Lipinski definition) is 4. The summed E-state index contributed by atoms with van der Waals surface area (Å²) in [7, 11) is 1.72. The van der Waals surface area contributed by atoms with Gasteiger partial charge in [-0.15, -0.1) is 0 Å². The van der Waals surface area contributed by atoms with Crippen LogP contribution in [0.2, 0.25) is 0 Å².